The van der Waals surface area contributed by atoms with Crippen LogP contribution in [0.4, 0.5) is 5.69 Å². The third kappa shape index (κ3) is 4.58. The molecule has 0 spiro atoms. The molecule has 4 nitrogen and oxygen atoms in total. The fourth-order valence-corrected chi connectivity index (χ4v) is 3.17. The smallest absolute Gasteiger partial charge is 0.307 e. The van der Waals surface area contributed by atoms with Crippen molar-refractivity contribution in [2.75, 3.05) is 5.32 Å². The third-order valence-corrected chi connectivity index (χ3v) is 4.66. The normalized spacial score (nSPS) is 21.6. The molecule has 1 aromatic carbocycles. The van der Waals surface area contributed by atoms with Crippen LogP contribution in [-0.2, 0) is 16.0 Å². The first-order valence-corrected chi connectivity index (χ1v) is 8.07. The topological polar surface area (TPSA) is 66.4 Å². The molecule has 0 radical (unpaired) electrons. The van der Waals surface area contributed by atoms with Crippen LogP contribution in [0.5, 0.6) is 0 Å². The Morgan fingerprint density at radius 1 is 1.14 bits per heavy atom. The molecule has 120 valence electrons. The van der Waals surface area contributed by atoms with Gasteiger partial charge >= 0.3 is 5.97 Å². The van der Waals surface area contributed by atoms with Crippen LogP contribution in [0.3, 0.4) is 0 Å². The quantitative estimate of drug-likeness (QED) is 0.871. The molecule has 0 aromatic heterocycles. The summed E-state index contributed by atoms with van der Waals surface area (Å²) in [6, 6.07) is 7.05. The first-order valence-electron chi connectivity index (χ1n) is 8.07. The van der Waals surface area contributed by atoms with Gasteiger partial charge in [-0.1, -0.05) is 26.0 Å². The van der Waals surface area contributed by atoms with Crippen molar-refractivity contribution in [3.05, 3.63) is 29.8 Å². The van der Waals surface area contributed by atoms with Gasteiger partial charge in [0.2, 0.25) is 5.91 Å². The molecule has 1 fully saturated rings. The van der Waals surface area contributed by atoms with Gasteiger partial charge in [0.25, 0.3) is 0 Å². The number of carbonyl (C=O) groups excluding carboxylic acids is 1. The summed E-state index contributed by atoms with van der Waals surface area (Å²) in [7, 11) is 0. The van der Waals surface area contributed by atoms with Crippen LogP contribution in [0.25, 0.3) is 0 Å². The summed E-state index contributed by atoms with van der Waals surface area (Å²) in [6.07, 6.45) is 4.20. The van der Waals surface area contributed by atoms with Crippen molar-refractivity contribution < 1.29 is 14.7 Å². The first kappa shape index (κ1) is 16.5. The molecule has 4 heteroatoms. The standard InChI is InChI=1S/C18H25NO3/c1-12(2)14-5-7-15(8-6-14)18(22)19-16-9-3-13(4-10-16)11-17(20)21/h3-4,9-10,12,14-15H,5-8,11H2,1-2H3,(H,19,22)(H,20,21). The van der Waals surface area contributed by atoms with Crippen molar-refractivity contribution >= 4 is 17.6 Å². The van der Waals surface area contributed by atoms with Gasteiger partial charge < -0.3 is 10.4 Å². The molecular formula is C18H25NO3. The Morgan fingerprint density at radius 3 is 2.23 bits per heavy atom. The lowest BCUT2D eigenvalue weighted by Crippen LogP contribution is -2.28. The Kier molecular flexibility index (Phi) is 5.58. The highest BCUT2D eigenvalue weighted by molar-refractivity contribution is 5.92. The minimum absolute atomic E-state index is 0.00738. The number of carboxylic acid groups (broad SMARTS) is 1. The van der Waals surface area contributed by atoms with E-state index in [1.807, 2.05) is 0 Å². The molecule has 0 heterocycles. The van der Waals surface area contributed by atoms with E-state index in [0.29, 0.717) is 5.92 Å². The summed E-state index contributed by atoms with van der Waals surface area (Å²) in [5.41, 5.74) is 1.48. The average Bonchev–Trinajstić information content (AvgIpc) is 2.49. The second-order valence-corrected chi connectivity index (χ2v) is 6.61. The number of rotatable bonds is 5. The summed E-state index contributed by atoms with van der Waals surface area (Å²) in [4.78, 5) is 22.9. The molecule has 1 aromatic rings. The van der Waals surface area contributed by atoms with Gasteiger partial charge in [0.05, 0.1) is 6.42 Å². The van der Waals surface area contributed by atoms with Crippen molar-refractivity contribution in [2.24, 2.45) is 17.8 Å². The molecular weight excluding hydrogens is 278 g/mol. The number of hydrogen-bond donors (Lipinski definition) is 2. The third-order valence-electron chi connectivity index (χ3n) is 4.66. The highest BCUT2D eigenvalue weighted by atomic mass is 16.4. The summed E-state index contributed by atoms with van der Waals surface area (Å²) in [5, 5.41) is 11.7. The second kappa shape index (κ2) is 7.43. The zero-order valence-corrected chi connectivity index (χ0v) is 13.3. The molecule has 0 aliphatic heterocycles. The summed E-state index contributed by atoms with van der Waals surface area (Å²) in [5.74, 6) is 0.797. The Bertz CT molecular complexity index is 514. The first-order chi connectivity index (χ1) is 10.5. The number of anilines is 1. The highest BCUT2D eigenvalue weighted by Crippen LogP contribution is 2.33. The lowest BCUT2D eigenvalue weighted by Gasteiger charge is -2.30. The summed E-state index contributed by atoms with van der Waals surface area (Å²) in [6.45, 7) is 4.51. The van der Waals surface area contributed by atoms with Gasteiger partial charge in [0.1, 0.15) is 0 Å². The van der Waals surface area contributed by atoms with E-state index < -0.39 is 5.97 Å². The Labute approximate surface area is 131 Å². The van der Waals surface area contributed by atoms with E-state index in [4.69, 9.17) is 5.11 Å². The van der Waals surface area contributed by atoms with Gasteiger partial charge in [0, 0.05) is 11.6 Å². The number of carboxylic acids is 1. The number of aliphatic carboxylic acids is 1. The van der Waals surface area contributed by atoms with Crippen LogP contribution in [-0.4, -0.2) is 17.0 Å². The number of benzene rings is 1. The maximum Gasteiger partial charge on any atom is 0.307 e. The van der Waals surface area contributed by atoms with Gasteiger partial charge in [-0.15, -0.1) is 0 Å². The fourth-order valence-electron chi connectivity index (χ4n) is 3.17. The zero-order valence-electron chi connectivity index (χ0n) is 13.3. The molecule has 22 heavy (non-hydrogen) atoms. The predicted octanol–water partition coefficient (Wildman–Crippen LogP) is 3.71. The highest BCUT2D eigenvalue weighted by Gasteiger charge is 2.27. The Morgan fingerprint density at radius 2 is 1.73 bits per heavy atom. The van der Waals surface area contributed by atoms with E-state index in [1.165, 1.54) is 0 Å². The fraction of sp³-hybridized carbons (Fsp3) is 0.556. The van der Waals surface area contributed by atoms with Crippen LogP contribution in [0.1, 0.15) is 45.1 Å². The van der Waals surface area contributed by atoms with E-state index in [2.05, 4.69) is 19.2 Å². The van der Waals surface area contributed by atoms with E-state index in [9.17, 15) is 9.59 Å². The minimum atomic E-state index is -0.848. The molecule has 0 bridgehead atoms. The Hall–Kier alpha value is -1.84. The van der Waals surface area contributed by atoms with Crippen LogP contribution >= 0.6 is 0 Å². The number of carbonyl (C=O) groups is 2. The van der Waals surface area contributed by atoms with Crippen molar-refractivity contribution in [3.63, 3.8) is 0 Å². The van der Waals surface area contributed by atoms with Crippen molar-refractivity contribution in [3.8, 4) is 0 Å². The van der Waals surface area contributed by atoms with E-state index in [0.717, 1.165) is 42.9 Å². The van der Waals surface area contributed by atoms with Crippen LogP contribution in [0.2, 0.25) is 0 Å². The molecule has 0 atom stereocenters. The molecule has 1 aliphatic carbocycles. The van der Waals surface area contributed by atoms with Crippen molar-refractivity contribution in [1.82, 2.24) is 0 Å². The van der Waals surface area contributed by atoms with Gasteiger partial charge in [0.15, 0.2) is 0 Å². The maximum absolute atomic E-state index is 12.3. The molecule has 0 unspecified atom stereocenters. The molecule has 2 N–H and O–H groups in total. The SMILES string of the molecule is CC(C)C1CCC(C(=O)Nc2ccc(CC(=O)O)cc2)CC1. The van der Waals surface area contributed by atoms with Gasteiger partial charge in [-0.05, 0) is 55.2 Å². The number of hydrogen-bond acceptors (Lipinski definition) is 2. The van der Waals surface area contributed by atoms with Crippen molar-refractivity contribution in [2.45, 2.75) is 46.0 Å². The van der Waals surface area contributed by atoms with E-state index in [-0.39, 0.29) is 18.2 Å². The molecule has 0 saturated heterocycles. The zero-order chi connectivity index (χ0) is 16.1. The number of amides is 1. The minimum Gasteiger partial charge on any atom is -0.481 e. The van der Waals surface area contributed by atoms with Gasteiger partial charge in [-0.2, -0.15) is 0 Å². The molecule has 2 rings (SSSR count). The molecule has 1 saturated carbocycles. The van der Waals surface area contributed by atoms with Gasteiger partial charge in [-0.3, -0.25) is 9.59 Å². The average molecular weight is 303 g/mol. The molecule has 1 aliphatic rings. The van der Waals surface area contributed by atoms with Crippen LogP contribution < -0.4 is 5.32 Å². The largest absolute Gasteiger partial charge is 0.481 e. The van der Waals surface area contributed by atoms with E-state index in [1.54, 1.807) is 24.3 Å². The predicted molar refractivity (Wildman–Crippen MR) is 86.7 cm³/mol. The number of nitrogens with one attached hydrogen (secondary N) is 1. The maximum atomic E-state index is 12.3. The monoisotopic (exact) mass is 303 g/mol. The van der Waals surface area contributed by atoms with Crippen molar-refractivity contribution in [1.29, 1.82) is 0 Å². The van der Waals surface area contributed by atoms with Gasteiger partial charge in [-0.25, -0.2) is 0 Å². The second-order valence-electron chi connectivity index (χ2n) is 6.61. The lowest BCUT2D eigenvalue weighted by molar-refractivity contribution is -0.136. The van der Waals surface area contributed by atoms with E-state index >= 15 is 0 Å². The van der Waals surface area contributed by atoms with Crippen LogP contribution in [0.15, 0.2) is 24.3 Å². The summed E-state index contributed by atoms with van der Waals surface area (Å²) >= 11 is 0. The molecule has 1 amide bonds. The van der Waals surface area contributed by atoms with Crippen LogP contribution in [0, 0.1) is 17.8 Å². The lowest BCUT2D eigenvalue weighted by atomic mass is 9.76. The Balaban J connectivity index is 1.86. The summed E-state index contributed by atoms with van der Waals surface area (Å²) < 4.78 is 0.